The predicted molar refractivity (Wildman–Crippen MR) is 116 cm³/mol. The molecule has 0 saturated carbocycles. The fraction of sp³-hybridized carbons (Fsp3) is 0.217. The van der Waals surface area contributed by atoms with E-state index in [1.165, 1.54) is 12.8 Å². The lowest BCUT2D eigenvalue weighted by atomic mass is 10.0. The van der Waals surface area contributed by atoms with Gasteiger partial charge in [0.1, 0.15) is 0 Å². The molecule has 4 aromatic rings. The minimum atomic E-state index is -0.265. The second-order valence-corrected chi connectivity index (χ2v) is 7.55. The molecule has 0 atom stereocenters. The largest absolute Gasteiger partial charge is 0.319 e. The number of carbonyl (C=O) groups is 1. The number of anilines is 1. The molecule has 2 N–H and O–H groups in total. The molecule has 7 heteroatoms. The highest BCUT2D eigenvalue weighted by Crippen LogP contribution is 2.25. The van der Waals surface area contributed by atoms with Gasteiger partial charge in [0, 0.05) is 29.9 Å². The summed E-state index contributed by atoms with van der Waals surface area (Å²) in [5.74, 6) is -0.265. The Balaban J connectivity index is 1.34. The minimum absolute atomic E-state index is 0.265. The highest BCUT2D eigenvalue weighted by molar-refractivity contribution is 6.11. The van der Waals surface area contributed by atoms with Crippen LogP contribution in [0.15, 0.2) is 61.1 Å². The van der Waals surface area contributed by atoms with E-state index in [4.69, 9.17) is 0 Å². The molecule has 1 aliphatic heterocycles. The van der Waals surface area contributed by atoms with Crippen molar-refractivity contribution in [3.63, 3.8) is 0 Å². The molecule has 1 aromatic carbocycles. The number of rotatable bonds is 5. The van der Waals surface area contributed by atoms with Gasteiger partial charge < -0.3 is 5.32 Å². The third kappa shape index (κ3) is 3.79. The van der Waals surface area contributed by atoms with Gasteiger partial charge >= 0.3 is 0 Å². The van der Waals surface area contributed by atoms with Gasteiger partial charge in [-0.25, -0.2) is 0 Å². The third-order valence-corrected chi connectivity index (χ3v) is 5.44. The summed E-state index contributed by atoms with van der Waals surface area (Å²) in [6, 6.07) is 13.6. The number of benzene rings is 1. The zero-order chi connectivity index (χ0) is 20.3. The second kappa shape index (κ2) is 8.04. The SMILES string of the molecule is O=C(Nc1ccc(CN2CCCC2)nc1)c1n[nH]c2ccc(-c3cccnc3)cc12. The number of fused-ring (bicyclic) bond motifs is 1. The maximum absolute atomic E-state index is 12.9. The van der Waals surface area contributed by atoms with Gasteiger partial charge in [0.15, 0.2) is 5.69 Å². The van der Waals surface area contributed by atoms with Gasteiger partial charge in [0.05, 0.1) is 23.1 Å². The highest BCUT2D eigenvalue weighted by atomic mass is 16.1. The van der Waals surface area contributed by atoms with Crippen molar-refractivity contribution in [1.29, 1.82) is 0 Å². The van der Waals surface area contributed by atoms with Crippen molar-refractivity contribution in [2.75, 3.05) is 18.4 Å². The van der Waals surface area contributed by atoms with E-state index in [1.54, 1.807) is 18.6 Å². The van der Waals surface area contributed by atoms with Crippen LogP contribution < -0.4 is 5.32 Å². The number of hydrogen-bond acceptors (Lipinski definition) is 5. The molecule has 0 radical (unpaired) electrons. The van der Waals surface area contributed by atoms with Crippen LogP contribution in [0, 0.1) is 0 Å². The Hall–Kier alpha value is -3.58. The summed E-state index contributed by atoms with van der Waals surface area (Å²) in [7, 11) is 0. The van der Waals surface area contributed by atoms with Crippen molar-refractivity contribution < 1.29 is 4.79 Å². The van der Waals surface area contributed by atoms with Crippen LogP contribution in [0.3, 0.4) is 0 Å². The quantitative estimate of drug-likeness (QED) is 0.533. The molecule has 7 nitrogen and oxygen atoms in total. The number of likely N-dealkylation sites (tertiary alicyclic amines) is 1. The van der Waals surface area contributed by atoms with Crippen molar-refractivity contribution in [3.8, 4) is 11.1 Å². The summed E-state index contributed by atoms with van der Waals surface area (Å²) in [6.07, 6.45) is 7.77. The van der Waals surface area contributed by atoms with Gasteiger partial charge in [-0.3, -0.25) is 24.8 Å². The number of pyridine rings is 2. The van der Waals surface area contributed by atoms with Crippen LogP contribution >= 0.6 is 0 Å². The molecule has 0 unspecified atom stereocenters. The standard InChI is InChI=1S/C23H22N6O/c30-23(26-18-6-7-19(25-14-18)15-29-10-1-2-11-29)22-20-12-16(5-8-21(20)27-28-22)17-4-3-9-24-13-17/h3-9,12-14H,1-2,10-11,15H2,(H,26,30)(H,27,28). The normalized spacial score (nSPS) is 14.3. The van der Waals surface area contributed by atoms with Gasteiger partial charge in [0.2, 0.25) is 0 Å². The molecule has 1 amide bonds. The van der Waals surface area contributed by atoms with E-state index in [9.17, 15) is 4.79 Å². The predicted octanol–water partition coefficient (Wildman–Crippen LogP) is 3.87. The van der Waals surface area contributed by atoms with E-state index in [1.807, 2.05) is 42.5 Å². The summed E-state index contributed by atoms with van der Waals surface area (Å²) >= 11 is 0. The maximum atomic E-state index is 12.9. The summed E-state index contributed by atoms with van der Waals surface area (Å²) in [5.41, 5.74) is 4.82. The molecular formula is C23H22N6O. The topological polar surface area (TPSA) is 86.8 Å². The van der Waals surface area contributed by atoms with E-state index >= 15 is 0 Å². The second-order valence-electron chi connectivity index (χ2n) is 7.55. The minimum Gasteiger partial charge on any atom is -0.319 e. The van der Waals surface area contributed by atoms with Crippen LogP contribution in [0.5, 0.6) is 0 Å². The molecule has 4 heterocycles. The van der Waals surface area contributed by atoms with Crippen molar-refractivity contribution in [2.45, 2.75) is 19.4 Å². The first-order valence-electron chi connectivity index (χ1n) is 10.1. The lowest BCUT2D eigenvalue weighted by molar-refractivity contribution is 0.102. The Morgan fingerprint density at radius 2 is 1.97 bits per heavy atom. The Bertz CT molecular complexity index is 1160. The van der Waals surface area contributed by atoms with Crippen LogP contribution in [-0.2, 0) is 6.54 Å². The van der Waals surface area contributed by atoms with Crippen molar-refractivity contribution >= 4 is 22.5 Å². The first kappa shape index (κ1) is 18.4. The highest BCUT2D eigenvalue weighted by Gasteiger charge is 2.16. The number of nitrogens with zero attached hydrogens (tertiary/aromatic N) is 4. The van der Waals surface area contributed by atoms with Crippen LogP contribution in [0.25, 0.3) is 22.0 Å². The smallest absolute Gasteiger partial charge is 0.276 e. The van der Waals surface area contributed by atoms with Gasteiger partial charge in [-0.1, -0.05) is 12.1 Å². The number of hydrogen-bond donors (Lipinski definition) is 2. The fourth-order valence-electron chi connectivity index (χ4n) is 3.85. The van der Waals surface area contributed by atoms with Gasteiger partial charge in [-0.15, -0.1) is 0 Å². The molecule has 0 spiro atoms. The molecule has 5 rings (SSSR count). The van der Waals surface area contributed by atoms with Crippen molar-refractivity contribution in [1.82, 2.24) is 25.1 Å². The molecular weight excluding hydrogens is 376 g/mol. The Morgan fingerprint density at radius 3 is 2.73 bits per heavy atom. The van der Waals surface area contributed by atoms with Gasteiger partial charge in [0.25, 0.3) is 5.91 Å². The molecule has 0 aliphatic carbocycles. The summed E-state index contributed by atoms with van der Waals surface area (Å²) in [6.45, 7) is 3.12. The van der Waals surface area contributed by atoms with Crippen LogP contribution in [-0.4, -0.2) is 44.1 Å². The van der Waals surface area contributed by atoms with E-state index in [0.717, 1.165) is 47.4 Å². The number of nitrogens with one attached hydrogen (secondary N) is 2. The summed E-state index contributed by atoms with van der Waals surface area (Å²) < 4.78 is 0. The lowest BCUT2D eigenvalue weighted by Crippen LogP contribution is -2.19. The van der Waals surface area contributed by atoms with Crippen LogP contribution in [0.1, 0.15) is 29.0 Å². The molecule has 3 aromatic heterocycles. The van der Waals surface area contributed by atoms with Gasteiger partial charge in [-0.2, -0.15) is 5.10 Å². The zero-order valence-electron chi connectivity index (χ0n) is 16.5. The van der Waals surface area contributed by atoms with E-state index in [-0.39, 0.29) is 5.91 Å². The summed E-state index contributed by atoms with van der Waals surface area (Å²) in [5, 5.41) is 10.8. The Labute approximate surface area is 174 Å². The number of amides is 1. The number of aromatic amines is 1. The van der Waals surface area contributed by atoms with E-state index in [2.05, 4.69) is 30.4 Å². The van der Waals surface area contributed by atoms with Crippen LogP contribution in [0.4, 0.5) is 5.69 Å². The van der Waals surface area contributed by atoms with Crippen molar-refractivity contribution in [3.05, 3.63) is 72.4 Å². The monoisotopic (exact) mass is 398 g/mol. The average molecular weight is 398 g/mol. The summed E-state index contributed by atoms with van der Waals surface area (Å²) in [4.78, 5) is 23.9. The maximum Gasteiger partial charge on any atom is 0.276 e. The van der Waals surface area contributed by atoms with Gasteiger partial charge in [-0.05, 0) is 61.8 Å². The first-order valence-corrected chi connectivity index (χ1v) is 10.1. The zero-order valence-corrected chi connectivity index (χ0v) is 16.5. The van der Waals surface area contributed by atoms with Crippen LogP contribution in [0.2, 0.25) is 0 Å². The fourth-order valence-corrected chi connectivity index (χ4v) is 3.85. The van der Waals surface area contributed by atoms with Crippen molar-refractivity contribution in [2.24, 2.45) is 0 Å². The third-order valence-electron chi connectivity index (χ3n) is 5.44. The Kier molecular flexibility index (Phi) is 4.94. The molecule has 1 fully saturated rings. The Morgan fingerprint density at radius 1 is 1.07 bits per heavy atom. The van der Waals surface area contributed by atoms with E-state index < -0.39 is 0 Å². The molecule has 1 saturated heterocycles. The molecule has 0 bridgehead atoms. The average Bonchev–Trinajstić information content (AvgIpc) is 3.45. The molecule has 30 heavy (non-hydrogen) atoms. The number of aromatic nitrogens is 4. The lowest BCUT2D eigenvalue weighted by Gasteiger charge is -2.13. The molecule has 150 valence electrons. The molecule has 1 aliphatic rings. The first-order chi connectivity index (χ1) is 14.8. The number of H-pyrrole nitrogens is 1. The van der Waals surface area contributed by atoms with E-state index in [0.29, 0.717) is 11.4 Å². The number of carbonyl (C=O) groups excluding carboxylic acids is 1.